The van der Waals surface area contributed by atoms with E-state index in [1.54, 1.807) is 24.3 Å². The number of amides is 2. The average molecular weight is 384 g/mol. The molecule has 1 aliphatic rings. The van der Waals surface area contributed by atoms with Crippen LogP contribution in [0.1, 0.15) is 52.8 Å². The molecule has 28 heavy (non-hydrogen) atoms. The van der Waals surface area contributed by atoms with E-state index in [0.717, 1.165) is 44.2 Å². The smallest absolute Gasteiger partial charge is 0.335 e. The fraction of sp³-hybridized carbons (Fsp3) is 0.286. The summed E-state index contributed by atoms with van der Waals surface area (Å²) in [7, 11) is 0. The first kappa shape index (κ1) is 19.5. The van der Waals surface area contributed by atoms with E-state index in [1.807, 2.05) is 0 Å². The number of halogens is 1. The fourth-order valence-corrected chi connectivity index (χ4v) is 3.31. The molecule has 3 N–H and O–H groups in total. The van der Waals surface area contributed by atoms with E-state index in [0.29, 0.717) is 11.4 Å². The zero-order valence-electron chi connectivity index (χ0n) is 15.2. The molecule has 0 aromatic heterocycles. The number of carboxylic acids is 1. The minimum Gasteiger partial charge on any atom is -0.478 e. The lowest BCUT2D eigenvalue weighted by atomic mass is 9.88. The van der Waals surface area contributed by atoms with Crippen LogP contribution in [-0.4, -0.2) is 22.9 Å². The second-order valence-corrected chi connectivity index (χ2v) is 6.86. The number of hydrogen-bond donors (Lipinski definition) is 3. The van der Waals surface area contributed by atoms with Crippen molar-refractivity contribution >= 4 is 29.2 Å². The first-order chi connectivity index (χ1) is 13.4. The van der Waals surface area contributed by atoms with Crippen molar-refractivity contribution < 1.29 is 23.9 Å². The van der Waals surface area contributed by atoms with Crippen LogP contribution >= 0.6 is 0 Å². The summed E-state index contributed by atoms with van der Waals surface area (Å²) >= 11 is 0. The van der Waals surface area contributed by atoms with Crippen LogP contribution in [0, 0.1) is 11.7 Å². The number of carbonyl (C=O) groups excluding carboxylic acids is 2. The van der Waals surface area contributed by atoms with Crippen molar-refractivity contribution in [1.82, 2.24) is 0 Å². The lowest BCUT2D eigenvalue weighted by molar-refractivity contribution is -0.120. The minimum atomic E-state index is -1.27. The molecular formula is C21H21FN2O4. The van der Waals surface area contributed by atoms with Crippen LogP contribution in [0.5, 0.6) is 0 Å². The second-order valence-electron chi connectivity index (χ2n) is 6.86. The molecule has 1 fully saturated rings. The van der Waals surface area contributed by atoms with Crippen molar-refractivity contribution in [2.24, 2.45) is 5.92 Å². The van der Waals surface area contributed by atoms with Crippen LogP contribution in [0.2, 0.25) is 0 Å². The molecule has 0 atom stereocenters. The normalized spacial score (nSPS) is 14.3. The van der Waals surface area contributed by atoms with Crippen LogP contribution in [0.4, 0.5) is 15.8 Å². The maximum atomic E-state index is 14.0. The average Bonchev–Trinajstić information content (AvgIpc) is 2.68. The van der Waals surface area contributed by atoms with E-state index in [1.165, 1.54) is 6.07 Å². The summed E-state index contributed by atoms with van der Waals surface area (Å²) in [6, 6.07) is 9.72. The molecule has 2 aromatic rings. The van der Waals surface area contributed by atoms with Crippen LogP contribution in [-0.2, 0) is 4.79 Å². The van der Waals surface area contributed by atoms with Crippen LogP contribution in [0.15, 0.2) is 42.5 Å². The summed E-state index contributed by atoms with van der Waals surface area (Å²) in [4.78, 5) is 35.5. The summed E-state index contributed by atoms with van der Waals surface area (Å²) in [6.07, 6.45) is 5.04. The van der Waals surface area contributed by atoms with E-state index in [9.17, 15) is 18.8 Å². The van der Waals surface area contributed by atoms with Gasteiger partial charge in [0.1, 0.15) is 5.82 Å². The lowest BCUT2D eigenvalue weighted by Gasteiger charge is -2.20. The van der Waals surface area contributed by atoms with Gasteiger partial charge in [-0.05, 0) is 49.2 Å². The molecule has 146 valence electrons. The molecule has 6 nitrogen and oxygen atoms in total. The van der Waals surface area contributed by atoms with Gasteiger partial charge in [0.15, 0.2) is 0 Å². The molecule has 3 rings (SSSR count). The number of carbonyl (C=O) groups is 3. The van der Waals surface area contributed by atoms with Gasteiger partial charge in [-0.25, -0.2) is 9.18 Å². The van der Waals surface area contributed by atoms with Crippen molar-refractivity contribution in [1.29, 1.82) is 0 Å². The number of nitrogens with one attached hydrogen (secondary N) is 2. The highest BCUT2D eigenvalue weighted by atomic mass is 19.1. The third-order valence-electron chi connectivity index (χ3n) is 4.82. The van der Waals surface area contributed by atoms with Gasteiger partial charge in [-0.3, -0.25) is 9.59 Å². The van der Waals surface area contributed by atoms with Gasteiger partial charge in [0.25, 0.3) is 5.91 Å². The molecule has 2 aromatic carbocycles. The standard InChI is InChI=1S/C21H21FN2O4/c22-18-11-14(21(27)28)9-10-17(18)20(26)24-16-8-4-7-15(12-16)23-19(25)13-5-2-1-3-6-13/h4,7-13H,1-3,5-6H2,(H,23,25)(H,24,26)(H,27,28). The van der Waals surface area contributed by atoms with E-state index in [2.05, 4.69) is 10.6 Å². The Labute approximate surface area is 161 Å². The summed E-state index contributed by atoms with van der Waals surface area (Å²) in [5.41, 5.74) is 0.450. The molecule has 0 spiro atoms. The van der Waals surface area contributed by atoms with Crippen molar-refractivity contribution in [2.45, 2.75) is 32.1 Å². The van der Waals surface area contributed by atoms with E-state index in [-0.39, 0.29) is 23.0 Å². The summed E-state index contributed by atoms with van der Waals surface area (Å²) < 4.78 is 14.0. The number of rotatable bonds is 5. The lowest BCUT2D eigenvalue weighted by Crippen LogP contribution is -2.24. The van der Waals surface area contributed by atoms with Crippen LogP contribution < -0.4 is 10.6 Å². The molecule has 1 aliphatic carbocycles. The number of carboxylic acid groups (broad SMARTS) is 1. The van der Waals surface area contributed by atoms with Gasteiger partial charge in [-0.1, -0.05) is 25.3 Å². The Morgan fingerprint density at radius 2 is 1.61 bits per heavy atom. The highest BCUT2D eigenvalue weighted by molar-refractivity contribution is 6.05. The third-order valence-corrected chi connectivity index (χ3v) is 4.82. The van der Waals surface area contributed by atoms with Crippen molar-refractivity contribution in [2.75, 3.05) is 10.6 Å². The van der Waals surface area contributed by atoms with Crippen molar-refractivity contribution in [3.05, 3.63) is 59.4 Å². The minimum absolute atomic E-state index is 0.00819. The van der Waals surface area contributed by atoms with E-state index < -0.39 is 17.7 Å². The number of aromatic carboxylic acids is 1. The van der Waals surface area contributed by atoms with E-state index in [4.69, 9.17) is 5.11 Å². The Balaban J connectivity index is 1.67. The number of benzene rings is 2. The van der Waals surface area contributed by atoms with Gasteiger partial charge in [0.05, 0.1) is 11.1 Å². The highest BCUT2D eigenvalue weighted by Gasteiger charge is 2.21. The van der Waals surface area contributed by atoms with Crippen LogP contribution in [0.3, 0.4) is 0 Å². The predicted octanol–water partition coefficient (Wildman–Crippen LogP) is 4.30. The van der Waals surface area contributed by atoms with Gasteiger partial charge in [0.2, 0.25) is 5.91 Å². The summed E-state index contributed by atoms with van der Waals surface area (Å²) in [6.45, 7) is 0. The SMILES string of the molecule is O=C(O)c1ccc(C(=O)Nc2cccc(NC(=O)C3CCCCC3)c2)c(F)c1. The highest BCUT2D eigenvalue weighted by Crippen LogP contribution is 2.25. The van der Waals surface area contributed by atoms with Gasteiger partial charge < -0.3 is 15.7 Å². The summed E-state index contributed by atoms with van der Waals surface area (Å²) in [5, 5.41) is 14.3. The first-order valence-corrected chi connectivity index (χ1v) is 9.19. The molecule has 0 saturated heterocycles. The Hall–Kier alpha value is -3.22. The fourth-order valence-electron chi connectivity index (χ4n) is 3.31. The van der Waals surface area contributed by atoms with Gasteiger partial charge in [-0.2, -0.15) is 0 Å². The molecule has 0 heterocycles. The number of anilines is 2. The largest absolute Gasteiger partial charge is 0.478 e. The maximum absolute atomic E-state index is 14.0. The Kier molecular flexibility index (Phi) is 6.03. The third kappa shape index (κ3) is 4.73. The monoisotopic (exact) mass is 384 g/mol. The molecule has 0 bridgehead atoms. The quantitative estimate of drug-likeness (QED) is 0.716. The van der Waals surface area contributed by atoms with Crippen molar-refractivity contribution in [3.63, 3.8) is 0 Å². The second kappa shape index (κ2) is 8.65. The molecule has 2 amide bonds. The zero-order chi connectivity index (χ0) is 20.1. The van der Waals surface area contributed by atoms with Gasteiger partial charge in [0, 0.05) is 17.3 Å². The molecule has 0 radical (unpaired) electrons. The molecular weight excluding hydrogens is 363 g/mol. The summed E-state index contributed by atoms with van der Waals surface area (Å²) in [5.74, 6) is -2.91. The van der Waals surface area contributed by atoms with Crippen LogP contribution in [0.25, 0.3) is 0 Å². The molecule has 1 saturated carbocycles. The molecule has 0 unspecified atom stereocenters. The Morgan fingerprint density at radius 1 is 0.929 bits per heavy atom. The first-order valence-electron chi connectivity index (χ1n) is 9.19. The molecule has 0 aliphatic heterocycles. The molecule has 7 heteroatoms. The Morgan fingerprint density at radius 3 is 2.25 bits per heavy atom. The Bertz CT molecular complexity index is 907. The van der Waals surface area contributed by atoms with E-state index >= 15 is 0 Å². The van der Waals surface area contributed by atoms with Gasteiger partial charge in [-0.15, -0.1) is 0 Å². The zero-order valence-corrected chi connectivity index (χ0v) is 15.2. The predicted molar refractivity (Wildman–Crippen MR) is 103 cm³/mol. The maximum Gasteiger partial charge on any atom is 0.335 e. The topological polar surface area (TPSA) is 95.5 Å². The number of hydrogen-bond acceptors (Lipinski definition) is 3. The van der Waals surface area contributed by atoms with Crippen molar-refractivity contribution in [3.8, 4) is 0 Å². The van der Waals surface area contributed by atoms with Gasteiger partial charge >= 0.3 is 5.97 Å².